The van der Waals surface area contributed by atoms with Crippen LogP contribution in [0.4, 0.5) is 5.69 Å². The number of ketones is 1. The smallest absolute Gasteiger partial charge is 0.240 e. The van der Waals surface area contributed by atoms with Gasteiger partial charge in [-0.05, 0) is 37.1 Å². The lowest BCUT2D eigenvalue weighted by molar-refractivity contribution is -0.119. The Morgan fingerprint density at radius 2 is 1.59 bits per heavy atom. The minimum atomic E-state index is -0.290. The molecule has 22 heavy (non-hydrogen) atoms. The van der Waals surface area contributed by atoms with E-state index in [1.165, 1.54) is 0 Å². The summed E-state index contributed by atoms with van der Waals surface area (Å²) in [5.41, 5.74) is 7.70. The summed E-state index contributed by atoms with van der Waals surface area (Å²) < 4.78 is 0. The van der Waals surface area contributed by atoms with Gasteiger partial charge in [0.2, 0.25) is 5.91 Å². The molecule has 0 saturated carbocycles. The maximum absolute atomic E-state index is 12.4. The molecule has 2 aromatic carbocycles. The molecule has 0 radical (unpaired) electrons. The summed E-state index contributed by atoms with van der Waals surface area (Å²) in [6, 6.07) is 16.3. The molecule has 1 aliphatic heterocycles. The van der Waals surface area contributed by atoms with E-state index in [0.29, 0.717) is 11.1 Å². The fourth-order valence-electron chi connectivity index (χ4n) is 2.93. The van der Waals surface area contributed by atoms with Crippen LogP contribution >= 0.6 is 0 Å². The van der Waals surface area contributed by atoms with Crippen LogP contribution in [0.25, 0.3) is 0 Å². The molecule has 1 atom stereocenters. The minimum Gasteiger partial charge on any atom is -0.368 e. The standard InChI is InChI=1S/C18H18N2O2/c19-18(22)16-7-4-12-20(16)15-10-8-14(9-11-15)17(21)13-5-2-1-3-6-13/h1-3,5-6,8-11,16H,4,7,12H2,(H2,19,22)/t16-/m1/s1. The summed E-state index contributed by atoms with van der Waals surface area (Å²) in [6.07, 6.45) is 1.75. The Bertz CT molecular complexity index is 680. The Hall–Kier alpha value is -2.62. The number of benzene rings is 2. The molecule has 0 unspecified atom stereocenters. The van der Waals surface area contributed by atoms with Gasteiger partial charge in [0.25, 0.3) is 0 Å². The van der Waals surface area contributed by atoms with Crippen LogP contribution in [-0.2, 0) is 4.79 Å². The lowest BCUT2D eigenvalue weighted by atomic mass is 10.0. The van der Waals surface area contributed by atoms with E-state index in [4.69, 9.17) is 5.73 Å². The van der Waals surface area contributed by atoms with Crippen LogP contribution in [0.5, 0.6) is 0 Å². The summed E-state index contributed by atoms with van der Waals surface area (Å²) in [5.74, 6) is -0.290. The number of carbonyl (C=O) groups is 2. The van der Waals surface area contributed by atoms with Gasteiger partial charge < -0.3 is 10.6 Å². The van der Waals surface area contributed by atoms with Crippen molar-refractivity contribution in [1.82, 2.24) is 0 Å². The van der Waals surface area contributed by atoms with Gasteiger partial charge in [-0.3, -0.25) is 9.59 Å². The largest absolute Gasteiger partial charge is 0.368 e. The van der Waals surface area contributed by atoms with Gasteiger partial charge in [-0.25, -0.2) is 0 Å². The summed E-state index contributed by atoms with van der Waals surface area (Å²) >= 11 is 0. The molecule has 1 saturated heterocycles. The number of rotatable bonds is 4. The first-order valence-corrected chi connectivity index (χ1v) is 7.42. The number of nitrogens with two attached hydrogens (primary N) is 1. The van der Waals surface area contributed by atoms with Crippen LogP contribution in [0.2, 0.25) is 0 Å². The second kappa shape index (κ2) is 6.02. The van der Waals surface area contributed by atoms with E-state index in [1.807, 2.05) is 35.2 Å². The molecule has 1 fully saturated rings. The van der Waals surface area contributed by atoms with Crippen molar-refractivity contribution in [1.29, 1.82) is 0 Å². The fourth-order valence-corrected chi connectivity index (χ4v) is 2.93. The Morgan fingerprint density at radius 1 is 0.955 bits per heavy atom. The van der Waals surface area contributed by atoms with Crippen molar-refractivity contribution in [3.63, 3.8) is 0 Å². The predicted octanol–water partition coefficient (Wildman–Crippen LogP) is 2.37. The zero-order valence-electron chi connectivity index (χ0n) is 12.2. The number of nitrogens with zero attached hydrogens (tertiary/aromatic N) is 1. The second-order valence-corrected chi connectivity index (χ2v) is 5.50. The molecule has 0 spiro atoms. The first-order valence-electron chi connectivity index (χ1n) is 7.42. The summed E-state index contributed by atoms with van der Waals surface area (Å²) in [7, 11) is 0. The molecule has 4 heteroatoms. The first-order chi connectivity index (χ1) is 10.7. The third kappa shape index (κ3) is 2.72. The molecule has 1 aliphatic rings. The molecule has 112 valence electrons. The molecular formula is C18H18N2O2. The van der Waals surface area contributed by atoms with E-state index in [9.17, 15) is 9.59 Å². The van der Waals surface area contributed by atoms with Gasteiger partial charge in [-0.1, -0.05) is 30.3 Å². The molecule has 2 N–H and O–H groups in total. The highest BCUT2D eigenvalue weighted by atomic mass is 16.1. The molecule has 4 nitrogen and oxygen atoms in total. The highest BCUT2D eigenvalue weighted by Crippen LogP contribution is 2.26. The lowest BCUT2D eigenvalue weighted by Crippen LogP contribution is -2.40. The van der Waals surface area contributed by atoms with E-state index < -0.39 is 0 Å². The first kappa shape index (κ1) is 14.3. The van der Waals surface area contributed by atoms with E-state index in [1.54, 1.807) is 24.3 Å². The zero-order chi connectivity index (χ0) is 15.5. The molecule has 0 aromatic heterocycles. The van der Waals surface area contributed by atoms with Crippen molar-refractivity contribution >= 4 is 17.4 Å². The number of anilines is 1. The number of hydrogen-bond donors (Lipinski definition) is 1. The van der Waals surface area contributed by atoms with Crippen molar-refractivity contribution in [2.75, 3.05) is 11.4 Å². The molecule has 1 heterocycles. The zero-order valence-corrected chi connectivity index (χ0v) is 12.2. The van der Waals surface area contributed by atoms with Crippen molar-refractivity contribution < 1.29 is 9.59 Å². The van der Waals surface area contributed by atoms with Crippen LogP contribution in [0.3, 0.4) is 0 Å². The molecular weight excluding hydrogens is 276 g/mol. The Labute approximate surface area is 129 Å². The Balaban J connectivity index is 1.81. The normalized spacial score (nSPS) is 17.5. The van der Waals surface area contributed by atoms with Crippen LogP contribution in [0, 0.1) is 0 Å². The van der Waals surface area contributed by atoms with E-state index in [0.717, 1.165) is 25.1 Å². The molecule has 2 aromatic rings. The van der Waals surface area contributed by atoms with E-state index in [-0.39, 0.29) is 17.7 Å². The average molecular weight is 294 g/mol. The predicted molar refractivity (Wildman–Crippen MR) is 85.9 cm³/mol. The summed E-state index contributed by atoms with van der Waals surface area (Å²) in [5, 5.41) is 0. The molecule has 0 bridgehead atoms. The van der Waals surface area contributed by atoms with Crippen molar-refractivity contribution in [3.8, 4) is 0 Å². The van der Waals surface area contributed by atoms with Gasteiger partial charge in [0.15, 0.2) is 5.78 Å². The SMILES string of the molecule is NC(=O)[C@H]1CCCN1c1ccc(C(=O)c2ccccc2)cc1. The van der Waals surface area contributed by atoms with Gasteiger partial charge in [-0.2, -0.15) is 0 Å². The van der Waals surface area contributed by atoms with Crippen LogP contribution in [0.15, 0.2) is 54.6 Å². The Kier molecular flexibility index (Phi) is 3.92. The van der Waals surface area contributed by atoms with Crippen LogP contribution in [0.1, 0.15) is 28.8 Å². The summed E-state index contributed by atoms with van der Waals surface area (Å²) in [4.78, 5) is 25.8. The summed E-state index contributed by atoms with van der Waals surface area (Å²) in [6.45, 7) is 0.819. The third-order valence-corrected chi connectivity index (χ3v) is 4.08. The number of primary amides is 1. The molecule has 3 rings (SSSR count). The fraction of sp³-hybridized carbons (Fsp3) is 0.222. The number of amides is 1. The van der Waals surface area contributed by atoms with Crippen molar-refractivity contribution in [2.24, 2.45) is 5.73 Å². The highest BCUT2D eigenvalue weighted by molar-refractivity contribution is 6.09. The quantitative estimate of drug-likeness (QED) is 0.881. The lowest BCUT2D eigenvalue weighted by Gasteiger charge is -2.24. The van der Waals surface area contributed by atoms with Crippen LogP contribution < -0.4 is 10.6 Å². The highest BCUT2D eigenvalue weighted by Gasteiger charge is 2.29. The maximum Gasteiger partial charge on any atom is 0.240 e. The van der Waals surface area contributed by atoms with Gasteiger partial charge in [0.05, 0.1) is 0 Å². The Morgan fingerprint density at radius 3 is 2.23 bits per heavy atom. The van der Waals surface area contributed by atoms with Gasteiger partial charge in [0.1, 0.15) is 6.04 Å². The second-order valence-electron chi connectivity index (χ2n) is 5.50. The van der Waals surface area contributed by atoms with Gasteiger partial charge in [0, 0.05) is 23.4 Å². The van der Waals surface area contributed by atoms with E-state index in [2.05, 4.69) is 0 Å². The third-order valence-electron chi connectivity index (χ3n) is 4.08. The van der Waals surface area contributed by atoms with Gasteiger partial charge in [-0.15, -0.1) is 0 Å². The minimum absolute atomic E-state index is 0.0000215. The number of hydrogen-bond acceptors (Lipinski definition) is 3. The number of carbonyl (C=O) groups excluding carboxylic acids is 2. The molecule has 0 aliphatic carbocycles. The van der Waals surface area contributed by atoms with Gasteiger partial charge >= 0.3 is 0 Å². The van der Waals surface area contributed by atoms with E-state index >= 15 is 0 Å². The van der Waals surface area contributed by atoms with Crippen LogP contribution in [-0.4, -0.2) is 24.3 Å². The molecule has 1 amide bonds. The maximum atomic E-state index is 12.4. The topological polar surface area (TPSA) is 63.4 Å². The van der Waals surface area contributed by atoms with Crippen molar-refractivity contribution in [3.05, 3.63) is 65.7 Å². The average Bonchev–Trinajstić information content (AvgIpc) is 3.05. The monoisotopic (exact) mass is 294 g/mol. The van der Waals surface area contributed by atoms with Crippen molar-refractivity contribution in [2.45, 2.75) is 18.9 Å².